The fourth-order valence-corrected chi connectivity index (χ4v) is 1.17. The van der Waals surface area contributed by atoms with Crippen LogP contribution in [0.2, 0.25) is 0 Å². The molecule has 1 amide bonds. The number of hydrogen-bond acceptors (Lipinski definition) is 3. The Kier molecular flexibility index (Phi) is 4.63. The molecule has 82 valence electrons. The summed E-state index contributed by atoms with van der Waals surface area (Å²) in [5, 5.41) is 2.78. The standard InChI is InChI=1S/C11H16N2O2/c1-15-10-5-2-4-9(8-10)11(14)13-7-3-6-12/h2,4-5,8H,3,6-7,12H2,1H3,(H,13,14). The average molecular weight is 208 g/mol. The van der Waals surface area contributed by atoms with Crippen LogP contribution in [0.1, 0.15) is 16.8 Å². The van der Waals surface area contributed by atoms with Crippen molar-refractivity contribution in [3.8, 4) is 5.75 Å². The normalized spacial score (nSPS) is 9.73. The van der Waals surface area contributed by atoms with Gasteiger partial charge in [-0.2, -0.15) is 0 Å². The maximum Gasteiger partial charge on any atom is 0.251 e. The fraction of sp³-hybridized carbons (Fsp3) is 0.364. The summed E-state index contributed by atoms with van der Waals surface area (Å²) in [6.07, 6.45) is 0.787. The minimum absolute atomic E-state index is 0.0950. The van der Waals surface area contributed by atoms with Crippen molar-refractivity contribution >= 4 is 5.91 Å². The van der Waals surface area contributed by atoms with Gasteiger partial charge in [0, 0.05) is 12.1 Å². The van der Waals surface area contributed by atoms with Gasteiger partial charge < -0.3 is 15.8 Å². The summed E-state index contributed by atoms with van der Waals surface area (Å²) in [5.41, 5.74) is 5.93. The maximum atomic E-state index is 11.6. The van der Waals surface area contributed by atoms with Crippen molar-refractivity contribution in [1.29, 1.82) is 0 Å². The Balaban J connectivity index is 2.57. The summed E-state index contributed by atoms with van der Waals surface area (Å²) in [6, 6.07) is 7.05. The lowest BCUT2D eigenvalue weighted by atomic mass is 10.2. The zero-order chi connectivity index (χ0) is 11.1. The van der Waals surface area contributed by atoms with Gasteiger partial charge in [-0.25, -0.2) is 0 Å². The Morgan fingerprint density at radius 1 is 1.53 bits per heavy atom. The van der Waals surface area contributed by atoms with Crippen LogP contribution in [0.25, 0.3) is 0 Å². The molecule has 0 saturated heterocycles. The zero-order valence-corrected chi connectivity index (χ0v) is 8.82. The number of nitrogens with two attached hydrogens (primary N) is 1. The molecule has 1 rings (SSSR count). The Morgan fingerprint density at radius 3 is 3.00 bits per heavy atom. The predicted octanol–water partition coefficient (Wildman–Crippen LogP) is 0.774. The van der Waals surface area contributed by atoms with E-state index in [9.17, 15) is 4.79 Å². The third kappa shape index (κ3) is 3.59. The molecule has 1 aromatic rings. The van der Waals surface area contributed by atoms with Crippen LogP contribution in [-0.2, 0) is 0 Å². The van der Waals surface area contributed by atoms with Gasteiger partial charge in [-0.1, -0.05) is 6.07 Å². The molecule has 0 heterocycles. The van der Waals surface area contributed by atoms with Crippen LogP contribution in [0.3, 0.4) is 0 Å². The van der Waals surface area contributed by atoms with Crippen molar-refractivity contribution in [2.24, 2.45) is 5.73 Å². The Hall–Kier alpha value is -1.55. The summed E-state index contributed by atoms with van der Waals surface area (Å²) in [7, 11) is 1.57. The van der Waals surface area contributed by atoms with Gasteiger partial charge in [-0.3, -0.25) is 4.79 Å². The maximum absolute atomic E-state index is 11.6. The monoisotopic (exact) mass is 208 g/mol. The summed E-state index contributed by atoms with van der Waals surface area (Å²) in [4.78, 5) is 11.6. The van der Waals surface area contributed by atoms with E-state index in [2.05, 4.69) is 5.32 Å². The number of benzene rings is 1. The Labute approximate surface area is 89.4 Å². The molecule has 1 aromatic carbocycles. The molecule has 0 aliphatic rings. The second kappa shape index (κ2) is 6.03. The molecule has 3 N–H and O–H groups in total. The first-order chi connectivity index (χ1) is 7.27. The van der Waals surface area contributed by atoms with Gasteiger partial charge in [0.1, 0.15) is 5.75 Å². The van der Waals surface area contributed by atoms with Gasteiger partial charge in [-0.05, 0) is 31.2 Å². The number of hydrogen-bond donors (Lipinski definition) is 2. The molecule has 0 bridgehead atoms. The third-order valence-corrected chi connectivity index (χ3v) is 2.00. The van der Waals surface area contributed by atoms with E-state index in [0.29, 0.717) is 24.4 Å². The second-order valence-corrected chi connectivity index (χ2v) is 3.13. The van der Waals surface area contributed by atoms with Crippen molar-refractivity contribution in [1.82, 2.24) is 5.32 Å². The van der Waals surface area contributed by atoms with E-state index >= 15 is 0 Å². The number of ether oxygens (including phenoxy) is 1. The second-order valence-electron chi connectivity index (χ2n) is 3.13. The average Bonchev–Trinajstić information content (AvgIpc) is 2.29. The van der Waals surface area contributed by atoms with Crippen molar-refractivity contribution in [3.05, 3.63) is 29.8 Å². The van der Waals surface area contributed by atoms with E-state index in [4.69, 9.17) is 10.5 Å². The highest BCUT2D eigenvalue weighted by atomic mass is 16.5. The smallest absolute Gasteiger partial charge is 0.251 e. The molecule has 0 atom stereocenters. The van der Waals surface area contributed by atoms with Crippen LogP contribution in [0.5, 0.6) is 5.75 Å². The van der Waals surface area contributed by atoms with E-state index in [1.807, 2.05) is 0 Å². The minimum atomic E-state index is -0.0950. The summed E-state index contributed by atoms with van der Waals surface area (Å²) in [6.45, 7) is 1.19. The van der Waals surface area contributed by atoms with Crippen LogP contribution < -0.4 is 15.8 Å². The lowest BCUT2D eigenvalue weighted by Gasteiger charge is -2.05. The van der Waals surface area contributed by atoms with E-state index in [1.54, 1.807) is 31.4 Å². The molecule has 4 heteroatoms. The first-order valence-corrected chi connectivity index (χ1v) is 4.90. The third-order valence-electron chi connectivity index (χ3n) is 2.00. The molecule has 4 nitrogen and oxygen atoms in total. The molecule has 0 saturated carbocycles. The minimum Gasteiger partial charge on any atom is -0.497 e. The number of methoxy groups -OCH3 is 1. The highest BCUT2D eigenvalue weighted by Gasteiger charge is 2.04. The molecule has 0 unspecified atom stereocenters. The van der Waals surface area contributed by atoms with Crippen LogP contribution in [-0.4, -0.2) is 26.1 Å². The number of rotatable bonds is 5. The lowest BCUT2D eigenvalue weighted by molar-refractivity contribution is 0.0953. The summed E-state index contributed by atoms with van der Waals surface area (Å²) < 4.78 is 5.03. The molecule has 0 aliphatic heterocycles. The molecular formula is C11H16N2O2. The van der Waals surface area contributed by atoms with Gasteiger partial charge in [0.15, 0.2) is 0 Å². The molecule has 0 radical (unpaired) electrons. The zero-order valence-electron chi connectivity index (χ0n) is 8.82. The molecule has 0 aromatic heterocycles. The number of carbonyl (C=O) groups is 1. The van der Waals surface area contributed by atoms with Gasteiger partial charge in [0.25, 0.3) is 5.91 Å². The fourth-order valence-electron chi connectivity index (χ4n) is 1.17. The van der Waals surface area contributed by atoms with E-state index in [-0.39, 0.29) is 5.91 Å². The SMILES string of the molecule is COc1cccc(C(=O)NCCCN)c1. The van der Waals surface area contributed by atoms with E-state index in [1.165, 1.54) is 0 Å². The van der Waals surface area contributed by atoms with Crippen LogP contribution in [0, 0.1) is 0 Å². The highest BCUT2D eigenvalue weighted by molar-refractivity contribution is 5.94. The molecule has 0 spiro atoms. The quantitative estimate of drug-likeness (QED) is 0.703. The van der Waals surface area contributed by atoms with Gasteiger partial charge in [-0.15, -0.1) is 0 Å². The topological polar surface area (TPSA) is 64.3 Å². The molecule has 15 heavy (non-hydrogen) atoms. The van der Waals surface area contributed by atoms with Crippen LogP contribution in [0.15, 0.2) is 24.3 Å². The van der Waals surface area contributed by atoms with Gasteiger partial charge in [0.2, 0.25) is 0 Å². The van der Waals surface area contributed by atoms with Crippen molar-refractivity contribution < 1.29 is 9.53 Å². The highest BCUT2D eigenvalue weighted by Crippen LogP contribution is 2.12. The number of nitrogens with one attached hydrogen (secondary N) is 1. The van der Waals surface area contributed by atoms with Crippen LogP contribution >= 0.6 is 0 Å². The summed E-state index contributed by atoms with van der Waals surface area (Å²) >= 11 is 0. The van der Waals surface area contributed by atoms with Crippen molar-refractivity contribution in [3.63, 3.8) is 0 Å². The number of amides is 1. The first-order valence-electron chi connectivity index (χ1n) is 4.90. The van der Waals surface area contributed by atoms with Gasteiger partial charge >= 0.3 is 0 Å². The molecule has 0 fully saturated rings. The number of carbonyl (C=O) groups excluding carboxylic acids is 1. The first kappa shape index (κ1) is 11.5. The molecular weight excluding hydrogens is 192 g/mol. The lowest BCUT2D eigenvalue weighted by Crippen LogP contribution is -2.25. The van der Waals surface area contributed by atoms with E-state index in [0.717, 1.165) is 6.42 Å². The Bertz CT molecular complexity index is 326. The molecule has 0 aliphatic carbocycles. The van der Waals surface area contributed by atoms with Crippen molar-refractivity contribution in [2.75, 3.05) is 20.2 Å². The Morgan fingerprint density at radius 2 is 2.33 bits per heavy atom. The summed E-state index contributed by atoms with van der Waals surface area (Å²) in [5.74, 6) is 0.587. The van der Waals surface area contributed by atoms with E-state index < -0.39 is 0 Å². The van der Waals surface area contributed by atoms with Gasteiger partial charge in [0.05, 0.1) is 7.11 Å². The van der Waals surface area contributed by atoms with Crippen LogP contribution in [0.4, 0.5) is 0 Å². The predicted molar refractivity (Wildman–Crippen MR) is 59.0 cm³/mol. The van der Waals surface area contributed by atoms with Crippen molar-refractivity contribution in [2.45, 2.75) is 6.42 Å². The largest absolute Gasteiger partial charge is 0.497 e.